The molecule has 4 aliphatic rings. The minimum Gasteiger partial charge on any atom is -0.458 e. The van der Waals surface area contributed by atoms with E-state index in [1.807, 2.05) is 6.08 Å². The average molecular weight is 481 g/mol. The van der Waals surface area contributed by atoms with Crippen molar-refractivity contribution in [2.24, 2.45) is 22.7 Å². The first-order valence-electron chi connectivity index (χ1n) is 12.6. The number of hydrogen-bond acceptors (Lipinski definition) is 8. The molecule has 34 heavy (non-hydrogen) atoms. The van der Waals surface area contributed by atoms with E-state index in [2.05, 4.69) is 20.4 Å². The lowest BCUT2D eigenvalue weighted by molar-refractivity contribution is -0.309. The van der Waals surface area contributed by atoms with Crippen molar-refractivity contribution in [2.45, 2.75) is 89.5 Å². The highest BCUT2D eigenvalue weighted by atomic mass is 16.7. The maximum atomic E-state index is 11.9. The van der Waals surface area contributed by atoms with E-state index in [-0.39, 0.29) is 16.8 Å². The summed E-state index contributed by atoms with van der Waals surface area (Å²) in [5.41, 5.74) is 1.87. The maximum absolute atomic E-state index is 11.9. The van der Waals surface area contributed by atoms with E-state index in [1.165, 1.54) is 5.57 Å². The third kappa shape index (κ3) is 4.61. The minimum atomic E-state index is -1.45. The summed E-state index contributed by atoms with van der Waals surface area (Å²) in [5, 5.41) is 40.0. The molecule has 8 nitrogen and oxygen atoms in total. The Kier molecular flexibility index (Phi) is 7.58. The van der Waals surface area contributed by atoms with Gasteiger partial charge in [-0.25, -0.2) is 4.79 Å². The fraction of sp³-hybridized carbons (Fsp3) is 0.808. The fourth-order valence-electron chi connectivity index (χ4n) is 7.17. The molecule has 9 atom stereocenters. The molecular formula is C26H40O8. The highest BCUT2D eigenvalue weighted by Crippen LogP contribution is 2.62. The van der Waals surface area contributed by atoms with Gasteiger partial charge in [-0.05, 0) is 67.3 Å². The molecule has 0 amide bonds. The average Bonchev–Trinajstić information content (AvgIpc) is 3.21. The lowest BCUT2D eigenvalue weighted by atomic mass is 9.47. The van der Waals surface area contributed by atoms with Crippen molar-refractivity contribution in [1.82, 2.24) is 0 Å². The number of ether oxygens (including phenoxy) is 3. The lowest BCUT2D eigenvalue weighted by Crippen LogP contribution is -2.60. The van der Waals surface area contributed by atoms with Crippen LogP contribution in [-0.4, -0.2) is 76.9 Å². The third-order valence-corrected chi connectivity index (χ3v) is 9.08. The number of rotatable bonds is 7. The van der Waals surface area contributed by atoms with Crippen LogP contribution in [0.2, 0.25) is 0 Å². The number of aliphatic hydroxyl groups excluding tert-OH is 4. The Morgan fingerprint density at radius 3 is 2.62 bits per heavy atom. The zero-order chi connectivity index (χ0) is 24.7. The van der Waals surface area contributed by atoms with E-state index in [0.717, 1.165) is 44.1 Å². The largest absolute Gasteiger partial charge is 0.458 e. The van der Waals surface area contributed by atoms with Gasteiger partial charge in [0.2, 0.25) is 0 Å². The molecule has 1 saturated heterocycles. The second-order valence-corrected chi connectivity index (χ2v) is 11.2. The highest BCUT2D eigenvalue weighted by molar-refractivity contribution is 5.90. The molecule has 2 heterocycles. The Hall–Kier alpha value is -1.29. The molecule has 2 aliphatic carbocycles. The molecule has 0 bridgehead atoms. The molecule has 0 spiro atoms. The number of carbonyl (C=O) groups is 1. The van der Waals surface area contributed by atoms with E-state index in [0.29, 0.717) is 31.5 Å². The molecule has 0 aromatic carbocycles. The van der Waals surface area contributed by atoms with Gasteiger partial charge in [-0.1, -0.05) is 32.4 Å². The van der Waals surface area contributed by atoms with Gasteiger partial charge in [-0.15, -0.1) is 0 Å². The van der Waals surface area contributed by atoms with Crippen molar-refractivity contribution in [2.75, 3.05) is 19.8 Å². The predicted molar refractivity (Wildman–Crippen MR) is 123 cm³/mol. The SMILES string of the molecule is C=C1CC[C@H]2[C@@](C)(CO[C@@H]3O[C@H](CO)[C@@H](O)[C@H](O)[C@H]3O)CCC[C@@]2(C)[C@@H]1CCC1=CCOC1=O. The van der Waals surface area contributed by atoms with E-state index >= 15 is 0 Å². The second kappa shape index (κ2) is 9.99. The van der Waals surface area contributed by atoms with Crippen LogP contribution in [-0.2, 0) is 19.0 Å². The van der Waals surface area contributed by atoms with Crippen LogP contribution in [0.5, 0.6) is 0 Å². The molecule has 4 rings (SSSR count). The van der Waals surface area contributed by atoms with Crippen LogP contribution in [0.4, 0.5) is 0 Å². The molecule has 192 valence electrons. The van der Waals surface area contributed by atoms with Crippen LogP contribution < -0.4 is 0 Å². The molecule has 4 N–H and O–H groups in total. The van der Waals surface area contributed by atoms with Gasteiger partial charge in [0.15, 0.2) is 6.29 Å². The number of hydrogen-bond donors (Lipinski definition) is 4. The van der Waals surface area contributed by atoms with Crippen LogP contribution in [0.25, 0.3) is 0 Å². The van der Waals surface area contributed by atoms with Crippen molar-refractivity contribution >= 4 is 5.97 Å². The summed E-state index contributed by atoms with van der Waals surface area (Å²) >= 11 is 0. The minimum absolute atomic E-state index is 0.0180. The molecule has 8 heteroatoms. The van der Waals surface area contributed by atoms with Crippen LogP contribution in [0.1, 0.15) is 58.8 Å². The summed E-state index contributed by atoms with van der Waals surface area (Å²) in [5.74, 6) is 0.454. The first-order chi connectivity index (χ1) is 16.1. The van der Waals surface area contributed by atoms with Gasteiger partial charge in [-0.3, -0.25) is 0 Å². The predicted octanol–water partition coefficient (Wildman–Crippen LogP) is 1.85. The van der Waals surface area contributed by atoms with Gasteiger partial charge in [0.1, 0.15) is 31.0 Å². The quantitative estimate of drug-likeness (QED) is 0.321. The Balaban J connectivity index is 1.46. The van der Waals surface area contributed by atoms with Crippen LogP contribution in [0.15, 0.2) is 23.8 Å². The summed E-state index contributed by atoms with van der Waals surface area (Å²) in [7, 11) is 0. The zero-order valence-corrected chi connectivity index (χ0v) is 20.3. The van der Waals surface area contributed by atoms with E-state index < -0.39 is 37.3 Å². The fourth-order valence-corrected chi connectivity index (χ4v) is 7.17. The number of allylic oxidation sites excluding steroid dienone is 1. The Bertz CT molecular complexity index is 809. The van der Waals surface area contributed by atoms with E-state index in [4.69, 9.17) is 14.2 Å². The monoisotopic (exact) mass is 480 g/mol. The molecule has 2 aliphatic heterocycles. The molecule has 0 unspecified atom stereocenters. The Labute approximate surface area is 201 Å². The van der Waals surface area contributed by atoms with Crippen molar-refractivity contribution < 1.29 is 39.4 Å². The molecule has 3 fully saturated rings. The summed E-state index contributed by atoms with van der Waals surface area (Å²) < 4.78 is 16.7. The standard InChI is InChI=1S/C26H40O8/c1-15-5-8-19-25(2,14-33-24-22(30)21(29)20(28)18(13-27)34-24)10-4-11-26(19,3)17(15)7-6-16-9-12-32-23(16)31/h9,17-22,24,27-30H,1,4-8,10-14H2,2-3H3/t17-,18-,19+,20-,21+,22-,24-,25-,26+/m1/s1. The third-order valence-electron chi connectivity index (χ3n) is 9.08. The normalized spacial score (nSPS) is 45.0. The molecule has 0 aromatic rings. The number of fused-ring (bicyclic) bond motifs is 1. The van der Waals surface area contributed by atoms with Gasteiger partial charge in [0, 0.05) is 5.57 Å². The summed E-state index contributed by atoms with van der Waals surface area (Å²) in [6.45, 7) is 9.21. The topological polar surface area (TPSA) is 126 Å². The Morgan fingerprint density at radius 1 is 1.18 bits per heavy atom. The lowest BCUT2D eigenvalue weighted by Gasteiger charge is -2.59. The zero-order valence-electron chi connectivity index (χ0n) is 20.3. The van der Waals surface area contributed by atoms with Crippen LogP contribution in [0.3, 0.4) is 0 Å². The Morgan fingerprint density at radius 2 is 1.94 bits per heavy atom. The van der Waals surface area contributed by atoms with Crippen LogP contribution in [0, 0.1) is 22.7 Å². The summed E-state index contributed by atoms with van der Waals surface area (Å²) in [6, 6.07) is 0. The van der Waals surface area contributed by atoms with Crippen LogP contribution >= 0.6 is 0 Å². The van der Waals surface area contributed by atoms with Gasteiger partial charge in [-0.2, -0.15) is 0 Å². The molecule has 0 radical (unpaired) electrons. The number of esters is 1. The van der Waals surface area contributed by atoms with E-state index in [1.54, 1.807) is 0 Å². The maximum Gasteiger partial charge on any atom is 0.334 e. The first kappa shape index (κ1) is 25.8. The van der Waals surface area contributed by atoms with Gasteiger partial charge in [0.05, 0.1) is 13.2 Å². The smallest absolute Gasteiger partial charge is 0.334 e. The molecular weight excluding hydrogens is 440 g/mol. The van der Waals surface area contributed by atoms with Gasteiger partial charge >= 0.3 is 5.97 Å². The number of aliphatic hydroxyl groups is 4. The molecule has 2 saturated carbocycles. The summed E-state index contributed by atoms with van der Waals surface area (Å²) in [4.78, 5) is 11.9. The van der Waals surface area contributed by atoms with E-state index in [9.17, 15) is 25.2 Å². The highest BCUT2D eigenvalue weighted by Gasteiger charge is 2.55. The van der Waals surface area contributed by atoms with Crippen molar-refractivity contribution in [3.63, 3.8) is 0 Å². The van der Waals surface area contributed by atoms with Crippen molar-refractivity contribution in [3.8, 4) is 0 Å². The first-order valence-corrected chi connectivity index (χ1v) is 12.6. The molecule has 0 aromatic heterocycles. The second-order valence-electron chi connectivity index (χ2n) is 11.2. The number of carbonyl (C=O) groups excluding carboxylic acids is 1. The summed E-state index contributed by atoms with van der Waals surface area (Å²) in [6.07, 6.45) is 2.15. The van der Waals surface area contributed by atoms with Gasteiger partial charge < -0.3 is 34.6 Å². The van der Waals surface area contributed by atoms with Crippen molar-refractivity contribution in [3.05, 3.63) is 23.8 Å². The number of cyclic esters (lactones) is 1. The van der Waals surface area contributed by atoms with Gasteiger partial charge in [0.25, 0.3) is 0 Å². The van der Waals surface area contributed by atoms with Crippen molar-refractivity contribution in [1.29, 1.82) is 0 Å².